The maximum atomic E-state index is 9.64. The van der Waals surface area contributed by atoms with Crippen molar-refractivity contribution in [3.8, 4) is 16.8 Å². The first kappa shape index (κ1) is 21.8. The van der Waals surface area contributed by atoms with Gasteiger partial charge in [0.2, 0.25) is 5.78 Å². The van der Waals surface area contributed by atoms with Crippen molar-refractivity contribution < 1.29 is 16.4 Å². The molecule has 0 aliphatic carbocycles. The Labute approximate surface area is 332 Å². The van der Waals surface area contributed by atoms with Gasteiger partial charge in [0.1, 0.15) is 8.07 Å². The molecule has 10 rings (SSSR count). The first-order valence-corrected chi connectivity index (χ1v) is 20.2. The molecule has 2 aromatic heterocycles. The Morgan fingerprint density at radius 3 is 2.17 bits per heavy atom. The average Bonchev–Trinajstić information content (AvgIpc) is 3.79. The second kappa shape index (κ2) is 12.0. The van der Waals surface area contributed by atoms with Gasteiger partial charge in [0.15, 0.2) is 0 Å². The minimum atomic E-state index is -4.27. The maximum Gasteiger partial charge on any atom is 0.220 e. The van der Waals surface area contributed by atoms with Gasteiger partial charge >= 0.3 is 0 Å². The molecule has 0 spiro atoms. The number of aromatic nitrogens is 3. The van der Waals surface area contributed by atoms with E-state index in [1.807, 2.05) is 95.6 Å². The highest BCUT2D eigenvalue weighted by molar-refractivity contribution is 7.99. The largest absolute Gasteiger partial charge is 0.278 e. The standard InChI is InChI=1S/C48H39N3SSi/c1-32-28-29-36(31-38(32)37-20-15-22-40-46(37)52-45-27-13-8-21-39(45)48(40,2)3)53(4,34-17-6-5-7-18-34)35-19-14-16-33(30-35)50-43-25-11-12-26-44(43)51-42-24-10-9-23-41(42)49-47(50)51/h5-31H,1-4H3/i1D3,2D3,3D3,4D3. The minimum Gasteiger partial charge on any atom is -0.278 e. The van der Waals surface area contributed by atoms with Gasteiger partial charge in [-0.25, -0.2) is 4.98 Å². The SMILES string of the molecule is [2H]C([2H])([2H])c1ccc([Si](c2ccccc2)(c2cccc(-n3c4ccccc4n4c5ccccc5nc34)c2)C([2H])([2H])[2H])cc1-c1cccc2c1Sc1ccccc1C2(C([2H])([2H])[2H])C([2H])([2H])[2H]. The maximum absolute atomic E-state index is 9.64. The molecule has 1 aliphatic rings. The third-order valence-corrected chi connectivity index (χ3v) is 15.3. The van der Waals surface area contributed by atoms with Crippen LogP contribution in [0.1, 0.15) is 46.8 Å². The number of rotatable bonds is 5. The van der Waals surface area contributed by atoms with E-state index in [4.69, 9.17) is 17.3 Å². The van der Waals surface area contributed by atoms with Crippen molar-refractivity contribution in [2.75, 3.05) is 0 Å². The predicted octanol–water partition coefficient (Wildman–Crippen LogP) is 10.3. The van der Waals surface area contributed by atoms with E-state index in [9.17, 15) is 4.11 Å². The summed E-state index contributed by atoms with van der Waals surface area (Å²) in [6.07, 6.45) is 0. The topological polar surface area (TPSA) is 22.2 Å². The predicted molar refractivity (Wildman–Crippen MR) is 226 cm³/mol. The minimum absolute atomic E-state index is 0.0209. The van der Waals surface area contributed by atoms with E-state index in [1.54, 1.807) is 54.6 Å². The summed E-state index contributed by atoms with van der Waals surface area (Å²) in [5, 5.41) is 1.47. The van der Waals surface area contributed by atoms with Gasteiger partial charge in [0.05, 0.1) is 22.1 Å². The van der Waals surface area contributed by atoms with Crippen LogP contribution in [0.15, 0.2) is 174 Å². The lowest BCUT2D eigenvalue weighted by atomic mass is 9.76. The van der Waals surface area contributed by atoms with E-state index < -0.39 is 40.5 Å². The number of imidazole rings is 2. The number of para-hydroxylation sites is 4. The van der Waals surface area contributed by atoms with Crippen molar-refractivity contribution in [1.82, 2.24) is 14.0 Å². The fraction of sp³-hybridized carbons (Fsp3) is 0.104. The zero-order valence-corrected chi connectivity index (χ0v) is 30.2. The van der Waals surface area contributed by atoms with Gasteiger partial charge in [0.25, 0.3) is 0 Å². The molecule has 1 atom stereocenters. The summed E-state index contributed by atoms with van der Waals surface area (Å²) < 4.78 is 113. The number of aryl methyl sites for hydroxylation is 1. The number of fused-ring (bicyclic) bond motifs is 7. The summed E-state index contributed by atoms with van der Waals surface area (Å²) in [6, 6.07) is 48.3. The molecule has 0 radical (unpaired) electrons. The molecular weight excluding hydrogens is 679 g/mol. The van der Waals surface area contributed by atoms with Crippen LogP contribution in [0.5, 0.6) is 0 Å². The Balaban J connectivity index is 1.28. The van der Waals surface area contributed by atoms with Crippen LogP contribution in [0.2, 0.25) is 6.48 Å². The molecule has 53 heavy (non-hydrogen) atoms. The average molecular weight is 730 g/mol. The van der Waals surface area contributed by atoms with Gasteiger partial charge in [-0.05, 0) is 92.7 Å². The first-order valence-electron chi connectivity index (χ1n) is 23.4. The highest BCUT2D eigenvalue weighted by atomic mass is 32.2. The molecule has 5 heteroatoms. The molecular formula is C48H39N3SSi. The molecule has 9 aromatic rings. The lowest BCUT2D eigenvalue weighted by Crippen LogP contribution is -2.64. The van der Waals surface area contributed by atoms with Crippen LogP contribution in [0.25, 0.3) is 44.7 Å². The van der Waals surface area contributed by atoms with Crippen LogP contribution >= 0.6 is 11.8 Å². The normalized spacial score (nSPS) is 18.9. The Morgan fingerprint density at radius 1 is 0.604 bits per heavy atom. The Bertz CT molecular complexity index is 3320. The van der Waals surface area contributed by atoms with Gasteiger partial charge < -0.3 is 0 Å². The third kappa shape index (κ3) is 4.77. The molecule has 0 amide bonds. The number of hydrogen-bond donors (Lipinski definition) is 0. The highest BCUT2D eigenvalue weighted by Crippen LogP contribution is 2.52. The number of nitrogens with zero attached hydrogens (tertiary/aromatic N) is 3. The zero-order valence-electron chi connectivity index (χ0n) is 40.3. The fourth-order valence-corrected chi connectivity index (χ4v) is 12.4. The van der Waals surface area contributed by atoms with Crippen LogP contribution in [-0.2, 0) is 5.41 Å². The highest BCUT2D eigenvalue weighted by Gasteiger charge is 2.37. The Kier molecular flexibility index (Phi) is 4.92. The van der Waals surface area contributed by atoms with Gasteiger partial charge in [-0.2, -0.15) is 0 Å². The van der Waals surface area contributed by atoms with Crippen molar-refractivity contribution in [2.45, 2.75) is 42.2 Å². The molecule has 3 nitrogen and oxygen atoms in total. The van der Waals surface area contributed by atoms with Crippen LogP contribution < -0.4 is 15.6 Å². The quantitative estimate of drug-likeness (QED) is 0.130. The molecule has 0 saturated carbocycles. The van der Waals surface area contributed by atoms with Gasteiger partial charge in [0, 0.05) is 37.3 Å². The first-order chi connectivity index (χ1) is 30.8. The smallest absolute Gasteiger partial charge is 0.220 e. The Hall–Kier alpha value is -5.62. The van der Waals surface area contributed by atoms with Crippen molar-refractivity contribution in [3.05, 3.63) is 180 Å². The van der Waals surface area contributed by atoms with Gasteiger partial charge in [-0.15, -0.1) is 0 Å². The Morgan fingerprint density at radius 2 is 1.32 bits per heavy atom. The summed E-state index contributed by atoms with van der Waals surface area (Å²) >= 11 is 1.18. The van der Waals surface area contributed by atoms with Crippen LogP contribution in [0.3, 0.4) is 0 Å². The van der Waals surface area contributed by atoms with E-state index in [0.717, 1.165) is 22.1 Å². The lowest BCUT2D eigenvalue weighted by Gasteiger charge is -2.36. The summed E-state index contributed by atoms with van der Waals surface area (Å²) in [5.74, 6) is 0.646. The molecule has 1 aliphatic heterocycles. The van der Waals surface area contributed by atoms with Gasteiger partial charge in [-0.3, -0.25) is 8.97 Å². The molecule has 0 saturated heterocycles. The van der Waals surface area contributed by atoms with Crippen molar-refractivity contribution in [1.29, 1.82) is 0 Å². The molecule has 0 fully saturated rings. The fourth-order valence-electron chi connectivity index (χ4n) is 7.95. The van der Waals surface area contributed by atoms with Crippen LogP contribution in [-0.4, -0.2) is 22.0 Å². The molecule has 256 valence electrons. The summed E-state index contributed by atoms with van der Waals surface area (Å²) in [5.41, 5.74) is 2.22. The van der Waals surface area contributed by atoms with E-state index in [1.165, 1.54) is 30.0 Å². The second-order valence-electron chi connectivity index (χ2n) is 13.5. The summed E-state index contributed by atoms with van der Waals surface area (Å²) in [6.45, 7) is -11.5. The van der Waals surface area contributed by atoms with E-state index >= 15 is 0 Å². The number of hydrogen-bond acceptors (Lipinski definition) is 2. The zero-order chi connectivity index (χ0) is 45.9. The van der Waals surface area contributed by atoms with E-state index in [2.05, 4.69) is 4.40 Å². The van der Waals surface area contributed by atoms with Crippen molar-refractivity contribution in [3.63, 3.8) is 0 Å². The van der Waals surface area contributed by atoms with Crippen LogP contribution in [0, 0.1) is 6.85 Å². The van der Waals surface area contributed by atoms with Crippen molar-refractivity contribution >= 4 is 63.2 Å². The summed E-state index contributed by atoms with van der Waals surface area (Å²) in [7, 11) is -4.27. The van der Waals surface area contributed by atoms with E-state index in [-0.39, 0.29) is 32.7 Å². The molecule has 7 aromatic carbocycles. The monoisotopic (exact) mass is 729 g/mol. The lowest BCUT2D eigenvalue weighted by molar-refractivity contribution is 0.608. The van der Waals surface area contributed by atoms with E-state index in [0.29, 0.717) is 31.9 Å². The number of benzene rings is 7. The molecule has 3 heterocycles. The third-order valence-electron chi connectivity index (χ3n) is 10.5. The van der Waals surface area contributed by atoms with Crippen LogP contribution in [0.4, 0.5) is 0 Å². The van der Waals surface area contributed by atoms with Gasteiger partial charge in [-0.1, -0.05) is 153 Å². The molecule has 0 N–H and O–H groups in total. The second-order valence-corrected chi connectivity index (χ2v) is 17.8. The van der Waals surface area contributed by atoms with Crippen molar-refractivity contribution in [2.24, 2.45) is 0 Å². The summed E-state index contributed by atoms with van der Waals surface area (Å²) in [4.78, 5) is 5.74. The molecule has 0 bridgehead atoms. The molecule has 1 unspecified atom stereocenters.